The van der Waals surface area contributed by atoms with Crippen LogP contribution in [0.2, 0.25) is 0 Å². The van der Waals surface area contributed by atoms with Crippen molar-refractivity contribution >= 4 is 61.6 Å². The lowest BCUT2D eigenvalue weighted by Crippen LogP contribution is -2.39. The first-order valence-corrected chi connectivity index (χ1v) is 15.7. The van der Waals surface area contributed by atoms with Gasteiger partial charge >= 0.3 is 0 Å². The standard InChI is InChI=1S/C32H27N5O4S2/c1-41-23-15-13-22(14-16-23)37-29-24(28(34-37)31(40)43-32-33-25-6-2-3-7-26(25)42-32)17-19-36(30(29)39)21-11-9-20(10-12-21)35-18-5-4-8-27(35)38/h2-3,6-7,9-16H,4-5,8,17-19H2,1H3. The molecule has 3 aromatic carbocycles. The molecule has 0 aliphatic carbocycles. The molecule has 216 valence electrons. The molecule has 0 N–H and O–H groups in total. The summed E-state index contributed by atoms with van der Waals surface area (Å²) in [6, 6.07) is 22.5. The van der Waals surface area contributed by atoms with E-state index in [1.165, 1.54) is 11.3 Å². The van der Waals surface area contributed by atoms with Gasteiger partial charge in [-0.1, -0.05) is 12.1 Å². The van der Waals surface area contributed by atoms with Gasteiger partial charge in [0.1, 0.15) is 17.1 Å². The van der Waals surface area contributed by atoms with Gasteiger partial charge in [-0.05, 0) is 91.7 Å². The molecule has 1 fully saturated rings. The fraction of sp³-hybridized carbons (Fsp3) is 0.219. The molecule has 43 heavy (non-hydrogen) atoms. The Morgan fingerprint density at radius 3 is 2.30 bits per heavy atom. The molecular weight excluding hydrogens is 583 g/mol. The van der Waals surface area contributed by atoms with Crippen LogP contribution in [0.4, 0.5) is 11.4 Å². The van der Waals surface area contributed by atoms with Gasteiger partial charge < -0.3 is 14.5 Å². The number of benzene rings is 3. The molecule has 0 bridgehead atoms. The zero-order chi connectivity index (χ0) is 29.5. The van der Waals surface area contributed by atoms with Gasteiger partial charge in [-0.25, -0.2) is 9.67 Å². The lowest BCUT2D eigenvalue weighted by molar-refractivity contribution is -0.119. The van der Waals surface area contributed by atoms with Crippen LogP contribution in [-0.4, -0.2) is 51.9 Å². The number of carbonyl (C=O) groups is 3. The summed E-state index contributed by atoms with van der Waals surface area (Å²) in [6.45, 7) is 1.10. The number of rotatable bonds is 6. The molecule has 0 radical (unpaired) electrons. The van der Waals surface area contributed by atoms with Gasteiger partial charge in [0.2, 0.25) is 11.0 Å². The molecular formula is C32H27N5O4S2. The second-order valence-corrected chi connectivity index (χ2v) is 12.6. The van der Waals surface area contributed by atoms with Gasteiger partial charge in [-0.3, -0.25) is 14.4 Å². The van der Waals surface area contributed by atoms with Gasteiger partial charge in [0.25, 0.3) is 5.91 Å². The number of nitrogens with zero attached hydrogens (tertiary/aromatic N) is 5. The normalized spacial score (nSPS) is 15.2. The summed E-state index contributed by atoms with van der Waals surface area (Å²) in [5.41, 5.74) is 4.31. The Labute approximate surface area is 256 Å². The summed E-state index contributed by atoms with van der Waals surface area (Å²) in [7, 11) is 1.59. The van der Waals surface area contributed by atoms with E-state index in [0.717, 1.165) is 46.2 Å². The molecule has 0 spiro atoms. The number of fused-ring (bicyclic) bond motifs is 2. The number of anilines is 2. The quantitative estimate of drug-likeness (QED) is 0.213. The van der Waals surface area contributed by atoms with Crippen molar-refractivity contribution in [3.63, 3.8) is 0 Å². The van der Waals surface area contributed by atoms with Gasteiger partial charge in [0.15, 0.2) is 4.34 Å². The van der Waals surface area contributed by atoms with Crippen LogP contribution in [0.5, 0.6) is 5.75 Å². The van der Waals surface area contributed by atoms with Crippen LogP contribution in [0.1, 0.15) is 45.8 Å². The van der Waals surface area contributed by atoms with Crippen LogP contribution in [0.25, 0.3) is 15.9 Å². The molecule has 0 atom stereocenters. The van der Waals surface area contributed by atoms with E-state index in [9.17, 15) is 14.4 Å². The maximum atomic E-state index is 14.1. The molecule has 0 unspecified atom stereocenters. The van der Waals surface area contributed by atoms with E-state index in [2.05, 4.69) is 4.98 Å². The number of methoxy groups -OCH3 is 1. The first kappa shape index (κ1) is 27.4. The van der Waals surface area contributed by atoms with Crippen molar-refractivity contribution in [3.05, 3.63) is 89.7 Å². The van der Waals surface area contributed by atoms with E-state index in [4.69, 9.17) is 9.84 Å². The number of thiazole rings is 1. The highest BCUT2D eigenvalue weighted by Crippen LogP contribution is 2.35. The first-order valence-electron chi connectivity index (χ1n) is 14.1. The molecule has 2 amide bonds. The molecule has 2 aromatic heterocycles. The summed E-state index contributed by atoms with van der Waals surface area (Å²) in [5, 5.41) is 4.47. The Bertz CT molecular complexity index is 1830. The zero-order valence-corrected chi connectivity index (χ0v) is 25.0. The van der Waals surface area contributed by atoms with Crippen molar-refractivity contribution in [2.24, 2.45) is 0 Å². The highest BCUT2D eigenvalue weighted by Gasteiger charge is 2.35. The fourth-order valence-electron chi connectivity index (χ4n) is 5.59. The van der Waals surface area contributed by atoms with Gasteiger partial charge in [0, 0.05) is 36.4 Å². The minimum Gasteiger partial charge on any atom is -0.497 e. The number of thioether (sulfide) groups is 1. The highest BCUT2D eigenvalue weighted by molar-refractivity contribution is 8.15. The third kappa shape index (κ3) is 5.08. The average molecular weight is 610 g/mol. The number of aromatic nitrogens is 3. The molecule has 2 aliphatic heterocycles. The van der Waals surface area contributed by atoms with Gasteiger partial charge in [0.05, 0.1) is 23.0 Å². The molecule has 9 nitrogen and oxygen atoms in total. The minimum absolute atomic E-state index is 0.127. The number of piperidine rings is 1. The van der Waals surface area contributed by atoms with Crippen molar-refractivity contribution in [3.8, 4) is 11.4 Å². The van der Waals surface area contributed by atoms with Crippen molar-refractivity contribution in [2.75, 3.05) is 30.0 Å². The topological polar surface area (TPSA) is 97.6 Å². The van der Waals surface area contributed by atoms with Crippen molar-refractivity contribution in [2.45, 2.75) is 30.0 Å². The summed E-state index contributed by atoms with van der Waals surface area (Å²) in [4.78, 5) is 48.3. The van der Waals surface area contributed by atoms with Gasteiger partial charge in [-0.15, -0.1) is 11.3 Å². The average Bonchev–Trinajstić information content (AvgIpc) is 3.63. The zero-order valence-electron chi connectivity index (χ0n) is 23.4. The third-order valence-electron chi connectivity index (χ3n) is 7.78. The van der Waals surface area contributed by atoms with E-state index >= 15 is 0 Å². The van der Waals surface area contributed by atoms with Crippen LogP contribution in [0, 0.1) is 0 Å². The molecule has 5 aromatic rings. The predicted molar refractivity (Wildman–Crippen MR) is 168 cm³/mol. The number of amides is 2. The SMILES string of the molecule is COc1ccc(-n2nc(C(=O)Sc3nc4ccccc4s3)c3c2C(=O)N(c2ccc(N4CCCCC4=O)cc2)CC3)cc1. The lowest BCUT2D eigenvalue weighted by Gasteiger charge is -2.29. The Kier molecular flexibility index (Phi) is 7.20. The predicted octanol–water partition coefficient (Wildman–Crippen LogP) is 6.14. The number of para-hydroxylation sites is 1. The number of hydrogen-bond acceptors (Lipinski definition) is 8. The summed E-state index contributed by atoms with van der Waals surface area (Å²) in [5.74, 6) is 0.560. The summed E-state index contributed by atoms with van der Waals surface area (Å²) < 4.78 is 8.52. The van der Waals surface area contributed by atoms with Crippen LogP contribution < -0.4 is 14.5 Å². The number of carbonyl (C=O) groups excluding carboxylic acids is 3. The maximum absolute atomic E-state index is 14.1. The highest BCUT2D eigenvalue weighted by atomic mass is 32.2. The number of ether oxygens (including phenoxy) is 1. The van der Waals surface area contributed by atoms with Gasteiger partial charge in [-0.2, -0.15) is 5.10 Å². The van der Waals surface area contributed by atoms with E-state index in [-0.39, 0.29) is 22.6 Å². The summed E-state index contributed by atoms with van der Waals surface area (Å²) in [6.07, 6.45) is 2.92. The fourth-order valence-corrected chi connectivity index (χ4v) is 7.52. The lowest BCUT2D eigenvalue weighted by atomic mass is 10.0. The Balaban J connectivity index is 1.23. The van der Waals surface area contributed by atoms with Crippen LogP contribution in [0.3, 0.4) is 0 Å². The van der Waals surface area contributed by atoms with E-state index in [0.29, 0.717) is 53.0 Å². The molecule has 4 heterocycles. The summed E-state index contributed by atoms with van der Waals surface area (Å²) >= 11 is 2.50. The van der Waals surface area contributed by atoms with E-state index in [1.54, 1.807) is 28.8 Å². The minimum atomic E-state index is -0.251. The Morgan fingerprint density at radius 2 is 1.58 bits per heavy atom. The van der Waals surface area contributed by atoms with Crippen molar-refractivity contribution < 1.29 is 19.1 Å². The van der Waals surface area contributed by atoms with Crippen molar-refractivity contribution in [1.29, 1.82) is 0 Å². The van der Waals surface area contributed by atoms with Crippen LogP contribution in [0.15, 0.2) is 77.1 Å². The molecule has 1 saturated heterocycles. The molecule has 2 aliphatic rings. The number of hydrogen-bond donors (Lipinski definition) is 0. The van der Waals surface area contributed by atoms with Crippen LogP contribution >= 0.6 is 23.1 Å². The second kappa shape index (κ2) is 11.3. The van der Waals surface area contributed by atoms with Crippen molar-refractivity contribution in [1.82, 2.24) is 14.8 Å². The third-order valence-corrected chi connectivity index (χ3v) is 9.75. The van der Waals surface area contributed by atoms with E-state index in [1.807, 2.05) is 65.6 Å². The second-order valence-electron chi connectivity index (χ2n) is 10.3. The monoisotopic (exact) mass is 609 g/mol. The largest absolute Gasteiger partial charge is 0.497 e. The first-order chi connectivity index (χ1) is 21.0. The smallest absolute Gasteiger partial charge is 0.277 e. The molecule has 11 heteroatoms. The Hall–Kier alpha value is -4.48. The van der Waals surface area contributed by atoms with Crippen LogP contribution in [-0.2, 0) is 11.2 Å². The van der Waals surface area contributed by atoms with E-state index < -0.39 is 0 Å². The maximum Gasteiger partial charge on any atom is 0.277 e. The molecule has 7 rings (SSSR count). The Morgan fingerprint density at radius 1 is 0.860 bits per heavy atom. The molecule has 0 saturated carbocycles.